The lowest BCUT2D eigenvalue weighted by Gasteiger charge is -2.15. The van der Waals surface area contributed by atoms with Crippen molar-refractivity contribution in [1.82, 2.24) is 4.98 Å². The smallest absolute Gasteiger partial charge is 0.108 e. The molecule has 1 heterocycles. The Hall–Kier alpha value is -1.87. The van der Waals surface area contributed by atoms with E-state index in [4.69, 9.17) is 5.73 Å². The first-order chi connectivity index (χ1) is 7.70. The third kappa shape index (κ3) is 1.90. The van der Waals surface area contributed by atoms with Gasteiger partial charge < -0.3 is 10.8 Å². The van der Waals surface area contributed by atoms with Gasteiger partial charge in [-0.15, -0.1) is 0 Å². The van der Waals surface area contributed by atoms with E-state index in [9.17, 15) is 5.11 Å². The summed E-state index contributed by atoms with van der Waals surface area (Å²) >= 11 is 0. The lowest BCUT2D eigenvalue weighted by Crippen LogP contribution is -2.05. The van der Waals surface area contributed by atoms with Gasteiger partial charge in [0.05, 0.1) is 0 Å². The van der Waals surface area contributed by atoms with Crippen LogP contribution in [0.4, 0.5) is 5.69 Å². The van der Waals surface area contributed by atoms with Crippen molar-refractivity contribution in [3.8, 4) is 0 Å². The number of para-hydroxylation sites is 1. The van der Waals surface area contributed by atoms with E-state index in [2.05, 4.69) is 4.98 Å². The fourth-order valence-electron chi connectivity index (χ4n) is 1.69. The average Bonchev–Trinajstić information content (AvgIpc) is 2.29. The zero-order valence-corrected chi connectivity index (χ0v) is 9.09. The molecule has 2 rings (SSSR count). The number of aliphatic hydroxyl groups excluding tert-OH is 1. The summed E-state index contributed by atoms with van der Waals surface area (Å²) in [5, 5.41) is 10.2. The van der Waals surface area contributed by atoms with Crippen molar-refractivity contribution in [3.05, 3.63) is 59.4 Å². The van der Waals surface area contributed by atoms with Gasteiger partial charge >= 0.3 is 0 Å². The van der Waals surface area contributed by atoms with Gasteiger partial charge in [0.15, 0.2) is 0 Å². The van der Waals surface area contributed by atoms with Crippen molar-refractivity contribution in [2.45, 2.75) is 13.0 Å². The van der Waals surface area contributed by atoms with Crippen LogP contribution in [0.2, 0.25) is 0 Å². The molecule has 0 aliphatic rings. The molecule has 1 aromatic carbocycles. The number of aromatic nitrogens is 1. The number of hydrogen-bond acceptors (Lipinski definition) is 3. The Labute approximate surface area is 94.6 Å². The molecule has 0 radical (unpaired) electrons. The molecular formula is C13H14N2O. The highest BCUT2D eigenvalue weighted by atomic mass is 16.3. The lowest BCUT2D eigenvalue weighted by atomic mass is 9.98. The first kappa shape index (κ1) is 10.6. The van der Waals surface area contributed by atoms with Crippen LogP contribution < -0.4 is 5.73 Å². The third-order valence-corrected chi connectivity index (χ3v) is 2.66. The summed E-state index contributed by atoms with van der Waals surface area (Å²) in [6.07, 6.45) is 2.67. The van der Waals surface area contributed by atoms with Gasteiger partial charge in [-0.05, 0) is 24.6 Å². The van der Waals surface area contributed by atoms with Gasteiger partial charge in [-0.2, -0.15) is 0 Å². The molecule has 0 amide bonds. The number of nitrogens with two attached hydrogens (primary N) is 1. The standard InChI is InChI=1S/C13H14N2O/c1-9-6-7-15-8-11(9)13(16)10-4-2-3-5-12(10)14/h2-8,13,16H,14H2,1H3. The molecule has 3 heteroatoms. The fraction of sp³-hybridized carbons (Fsp3) is 0.154. The monoisotopic (exact) mass is 214 g/mol. The predicted octanol–water partition coefficient (Wildman–Crippen LogP) is 2.05. The lowest BCUT2D eigenvalue weighted by molar-refractivity contribution is 0.220. The summed E-state index contributed by atoms with van der Waals surface area (Å²) in [6, 6.07) is 9.19. The van der Waals surface area contributed by atoms with Gasteiger partial charge in [0, 0.05) is 29.2 Å². The van der Waals surface area contributed by atoms with Gasteiger partial charge in [-0.1, -0.05) is 18.2 Å². The second-order valence-corrected chi connectivity index (χ2v) is 3.76. The highest BCUT2D eigenvalue weighted by Crippen LogP contribution is 2.27. The Kier molecular flexibility index (Phi) is 2.88. The van der Waals surface area contributed by atoms with Crippen LogP contribution in [0, 0.1) is 6.92 Å². The zero-order valence-electron chi connectivity index (χ0n) is 9.09. The van der Waals surface area contributed by atoms with Crippen LogP contribution in [-0.4, -0.2) is 10.1 Å². The predicted molar refractivity (Wildman–Crippen MR) is 63.9 cm³/mol. The van der Waals surface area contributed by atoms with Gasteiger partial charge in [0.1, 0.15) is 6.10 Å². The molecule has 0 fully saturated rings. The molecule has 82 valence electrons. The molecule has 16 heavy (non-hydrogen) atoms. The van der Waals surface area contributed by atoms with Crippen molar-refractivity contribution in [2.24, 2.45) is 0 Å². The van der Waals surface area contributed by atoms with Crippen molar-refractivity contribution in [2.75, 3.05) is 5.73 Å². The highest BCUT2D eigenvalue weighted by molar-refractivity contribution is 5.50. The fourth-order valence-corrected chi connectivity index (χ4v) is 1.69. The number of rotatable bonds is 2. The minimum absolute atomic E-state index is 0.596. The molecule has 0 spiro atoms. The molecule has 0 saturated carbocycles. The quantitative estimate of drug-likeness (QED) is 0.752. The topological polar surface area (TPSA) is 59.1 Å². The maximum Gasteiger partial charge on any atom is 0.108 e. The number of hydrogen-bond donors (Lipinski definition) is 2. The summed E-state index contributed by atoms with van der Waals surface area (Å²) in [5.41, 5.74) is 8.94. The van der Waals surface area contributed by atoms with Crippen LogP contribution in [0.15, 0.2) is 42.7 Å². The van der Waals surface area contributed by atoms with E-state index in [1.165, 1.54) is 0 Å². The Morgan fingerprint density at radius 2 is 1.94 bits per heavy atom. The molecular weight excluding hydrogens is 200 g/mol. The van der Waals surface area contributed by atoms with Crippen molar-refractivity contribution in [3.63, 3.8) is 0 Å². The van der Waals surface area contributed by atoms with Crippen molar-refractivity contribution < 1.29 is 5.11 Å². The van der Waals surface area contributed by atoms with Crippen molar-refractivity contribution in [1.29, 1.82) is 0 Å². The molecule has 0 aliphatic carbocycles. The van der Waals surface area contributed by atoms with E-state index in [0.29, 0.717) is 5.69 Å². The zero-order chi connectivity index (χ0) is 11.5. The number of aliphatic hydroxyl groups is 1. The summed E-state index contributed by atoms with van der Waals surface area (Å²) < 4.78 is 0. The second kappa shape index (κ2) is 4.33. The van der Waals surface area contributed by atoms with Gasteiger partial charge in [0.25, 0.3) is 0 Å². The third-order valence-electron chi connectivity index (χ3n) is 2.66. The molecule has 1 unspecified atom stereocenters. The summed E-state index contributed by atoms with van der Waals surface area (Å²) in [5.74, 6) is 0. The largest absolute Gasteiger partial charge is 0.398 e. The highest BCUT2D eigenvalue weighted by Gasteiger charge is 2.14. The van der Waals surface area contributed by atoms with Gasteiger partial charge in [-0.25, -0.2) is 0 Å². The molecule has 0 saturated heterocycles. The minimum Gasteiger partial charge on any atom is -0.398 e. The number of aryl methyl sites for hydroxylation is 1. The maximum atomic E-state index is 10.2. The van der Waals surface area contributed by atoms with Gasteiger partial charge in [-0.3, -0.25) is 4.98 Å². The van der Waals surface area contributed by atoms with Crippen LogP contribution in [0.1, 0.15) is 22.8 Å². The summed E-state index contributed by atoms with van der Waals surface area (Å²) in [6.45, 7) is 1.94. The van der Waals surface area contributed by atoms with E-state index >= 15 is 0 Å². The number of benzene rings is 1. The van der Waals surface area contributed by atoms with E-state index in [1.54, 1.807) is 18.5 Å². The van der Waals surface area contributed by atoms with Crippen LogP contribution in [0.5, 0.6) is 0 Å². The Balaban J connectivity index is 2.44. The second-order valence-electron chi connectivity index (χ2n) is 3.76. The molecule has 2 aromatic rings. The first-order valence-electron chi connectivity index (χ1n) is 5.13. The van der Waals surface area contributed by atoms with Crippen LogP contribution >= 0.6 is 0 Å². The molecule has 0 bridgehead atoms. The van der Waals surface area contributed by atoms with Gasteiger partial charge in [0.2, 0.25) is 0 Å². The number of nitrogens with zero attached hydrogens (tertiary/aromatic N) is 1. The summed E-state index contributed by atoms with van der Waals surface area (Å²) in [4.78, 5) is 4.02. The molecule has 0 aliphatic heterocycles. The summed E-state index contributed by atoms with van der Waals surface area (Å²) in [7, 11) is 0. The van der Waals surface area contributed by atoms with E-state index in [0.717, 1.165) is 16.7 Å². The Morgan fingerprint density at radius 3 is 2.62 bits per heavy atom. The van der Waals surface area contributed by atoms with Crippen LogP contribution in [0.3, 0.4) is 0 Å². The van der Waals surface area contributed by atoms with E-state index in [-0.39, 0.29) is 0 Å². The Bertz CT molecular complexity index is 451. The average molecular weight is 214 g/mol. The number of anilines is 1. The first-order valence-corrected chi connectivity index (χ1v) is 5.13. The molecule has 1 atom stereocenters. The molecule has 3 nitrogen and oxygen atoms in total. The SMILES string of the molecule is Cc1ccncc1C(O)c1ccccc1N. The van der Waals surface area contributed by atoms with Crippen molar-refractivity contribution >= 4 is 5.69 Å². The molecule has 3 N–H and O–H groups in total. The molecule has 1 aromatic heterocycles. The van der Waals surface area contributed by atoms with Crippen LogP contribution in [-0.2, 0) is 0 Å². The van der Waals surface area contributed by atoms with E-state index in [1.807, 2.05) is 31.2 Å². The maximum absolute atomic E-state index is 10.2. The van der Waals surface area contributed by atoms with E-state index < -0.39 is 6.10 Å². The minimum atomic E-state index is -0.713. The number of pyridine rings is 1. The van der Waals surface area contributed by atoms with Crippen LogP contribution in [0.25, 0.3) is 0 Å². The normalized spacial score (nSPS) is 12.4. The number of nitrogen functional groups attached to an aromatic ring is 1. The Morgan fingerprint density at radius 1 is 1.19 bits per heavy atom.